The molecule has 2 aromatic carbocycles. The number of aliphatic carboxylic acids is 1. The van der Waals surface area contributed by atoms with Crippen LogP contribution in [-0.2, 0) is 11.0 Å². The van der Waals surface area contributed by atoms with E-state index in [1.54, 1.807) is 36.5 Å². The highest BCUT2D eigenvalue weighted by atomic mass is 19.4. The summed E-state index contributed by atoms with van der Waals surface area (Å²) < 4.78 is 44.5. The van der Waals surface area contributed by atoms with Gasteiger partial charge in [-0.15, -0.1) is 0 Å². The van der Waals surface area contributed by atoms with Crippen molar-refractivity contribution in [1.82, 2.24) is 10.3 Å². The number of aromatic nitrogens is 1. The van der Waals surface area contributed by atoms with Crippen LogP contribution < -0.4 is 10.1 Å². The van der Waals surface area contributed by atoms with Gasteiger partial charge in [-0.25, -0.2) is 0 Å². The summed E-state index contributed by atoms with van der Waals surface area (Å²) in [6.45, 7) is 2.06. The minimum absolute atomic E-state index is 0.0421. The lowest BCUT2D eigenvalue weighted by atomic mass is 10.0. The quantitative estimate of drug-likeness (QED) is 0.373. The van der Waals surface area contributed by atoms with Crippen molar-refractivity contribution in [2.75, 3.05) is 6.54 Å². The Kier molecular flexibility index (Phi) is 8.46. The number of alkyl halides is 3. The highest BCUT2D eigenvalue weighted by Gasteiger charge is 2.30. The molecule has 0 radical (unpaired) electrons. The van der Waals surface area contributed by atoms with E-state index in [0.717, 1.165) is 24.1 Å². The number of carboxylic acid groups (broad SMARTS) is 1. The van der Waals surface area contributed by atoms with Crippen molar-refractivity contribution in [3.05, 3.63) is 83.6 Å². The Morgan fingerprint density at radius 2 is 1.71 bits per heavy atom. The van der Waals surface area contributed by atoms with E-state index in [1.807, 2.05) is 13.0 Å². The Morgan fingerprint density at radius 3 is 2.26 bits per heavy atom. The standard InChI is InChI=1S/C26H25F3N2O4/c1-2-3-23(35-21-11-6-18(7-12-21)25(34)30-15-14-24(32)33)19-8-13-22(31-16-19)17-4-9-20(10-5-17)26(27,28)29/h4-13,16,23H,2-3,14-15H2,1H3,(H,30,34)(H,32,33)/t23-/m1/s1. The fourth-order valence-corrected chi connectivity index (χ4v) is 3.39. The summed E-state index contributed by atoms with van der Waals surface area (Å²) >= 11 is 0. The third kappa shape index (κ3) is 7.30. The minimum Gasteiger partial charge on any atom is -0.486 e. The average Bonchev–Trinajstić information content (AvgIpc) is 2.83. The summed E-state index contributed by atoms with van der Waals surface area (Å²) in [6.07, 6.45) is -1.64. The van der Waals surface area contributed by atoms with Crippen molar-refractivity contribution >= 4 is 11.9 Å². The maximum Gasteiger partial charge on any atom is 0.416 e. The fraction of sp³-hybridized carbons (Fsp3) is 0.269. The molecule has 0 aliphatic heterocycles. The van der Waals surface area contributed by atoms with Crippen LogP contribution in [0.25, 0.3) is 11.3 Å². The lowest BCUT2D eigenvalue weighted by molar-refractivity contribution is -0.138. The molecular weight excluding hydrogens is 461 g/mol. The van der Waals surface area contributed by atoms with Gasteiger partial charge in [0.15, 0.2) is 0 Å². The van der Waals surface area contributed by atoms with Crippen LogP contribution in [0.3, 0.4) is 0 Å². The van der Waals surface area contributed by atoms with Crippen LogP contribution in [0.2, 0.25) is 0 Å². The second kappa shape index (κ2) is 11.5. The highest BCUT2D eigenvalue weighted by Crippen LogP contribution is 2.31. The van der Waals surface area contributed by atoms with Crippen molar-refractivity contribution in [2.45, 2.75) is 38.5 Å². The monoisotopic (exact) mass is 486 g/mol. The van der Waals surface area contributed by atoms with Crippen LogP contribution in [0.15, 0.2) is 66.9 Å². The number of hydrogen-bond donors (Lipinski definition) is 2. The van der Waals surface area contributed by atoms with Gasteiger partial charge in [-0.1, -0.05) is 31.5 Å². The first kappa shape index (κ1) is 25.7. The summed E-state index contributed by atoms with van der Waals surface area (Å²) in [7, 11) is 0. The van der Waals surface area contributed by atoms with Crippen molar-refractivity contribution in [3.8, 4) is 17.0 Å². The van der Waals surface area contributed by atoms with Crippen molar-refractivity contribution in [2.24, 2.45) is 0 Å². The molecule has 0 saturated heterocycles. The summed E-state index contributed by atoms with van der Waals surface area (Å²) in [5, 5.41) is 11.2. The van der Waals surface area contributed by atoms with Gasteiger partial charge in [-0.2, -0.15) is 13.2 Å². The van der Waals surface area contributed by atoms with Crippen LogP contribution in [0.4, 0.5) is 13.2 Å². The number of pyridine rings is 1. The molecule has 1 heterocycles. The molecule has 9 heteroatoms. The van der Waals surface area contributed by atoms with E-state index in [1.165, 1.54) is 12.1 Å². The zero-order chi connectivity index (χ0) is 25.4. The van der Waals surface area contributed by atoms with E-state index in [0.29, 0.717) is 29.0 Å². The number of nitrogens with zero attached hydrogens (tertiary/aromatic N) is 1. The van der Waals surface area contributed by atoms with E-state index >= 15 is 0 Å². The number of hydrogen-bond acceptors (Lipinski definition) is 4. The molecule has 1 aromatic heterocycles. The normalized spacial score (nSPS) is 12.1. The Balaban J connectivity index is 1.67. The predicted molar refractivity (Wildman–Crippen MR) is 124 cm³/mol. The summed E-state index contributed by atoms with van der Waals surface area (Å²) in [5.41, 5.74) is 1.62. The number of amides is 1. The number of halogens is 3. The summed E-state index contributed by atoms with van der Waals surface area (Å²) in [5.74, 6) is -0.804. The van der Waals surface area contributed by atoms with Crippen molar-refractivity contribution in [1.29, 1.82) is 0 Å². The molecule has 0 fully saturated rings. The van der Waals surface area contributed by atoms with Gasteiger partial charge < -0.3 is 15.2 Å². The van der Waals surface area contributed by atoms with Crippen LogP contribution >= 0.6 is 0 Å². The molecule has 0 spiro atoms. The number of rotatable bonds is 10. The maximum absolute atomic E-state index is 12.8. The molecular formula is C26H25F3N2O4. The first-order valence-electron chi connectivity index (χ1n) is 11.1. The van der Waals surface area contributed by atoms with Crippen molar-refractivity contribution in [3.63, 3.8) is 0 Å². The smallest absolute Gasteiger partial charge is 0.416 e. The van der Waals surface area contributed by atoms with E-state index in [-0.39, 0.29) is 25.0 Å². The zero-order valence-corrected chi connectivity index (χ0v) is 19.0. The SMILES string of the molecule is CCC[C@@H](Oc1ccc(C(=O)NCCC(=O)O)cc1)c1ccc(-c2ccc(C(F)(F)F)cc2)nc1. The van der Waals surface area contributed by atoms with Gasteiger partial charge in [0.1, 0.15) is 11.9 Å². The molecule has 184 valence electrons. The second-order valence-corrected chi connectivity index (χ2v) is 7.87. The second-order valence-electron chi connectivity index (χ2n) is 7.87. The number of ether oxygens (including phenoxy) is 1. The van der Waals surface area contributed by atoms with Gasteiger partial charge in [-0.05, 0) is 48.9 Å². The third-order valence-electron chi connectivity index (χ3n) is 5.24. The topological polar surface area (TPSA) is 88.5 Å². The molecule has 1 amide bonds. The number of nitrogens with one attached hydrogen (secondary N) is 1. The number of carbonyl (C=O) groups excluding carboxylic acids is 1. The van der Waals surface area contributed by atoms with E-state index in [9.17, 15) is 22.8 Å². The van der Waals surface area contributed by atoms with Crippen LogP contribution in [0.5, 0.6) is 5.75 Å². The maximum atomic E-state index is 12.8. The Morgan fingerprint density at radius 1 is 1.03 bits per heavy atom. The number of carbonyl (C=O) groups is 2. The van der Waals surface area contributed by atoms with Crippen LogP contribution in [0, 0.1) is 0 Å². The summed E-state index contributed by atoms with van der Waals surface area (Å²) in [4.78, 5) is 27.1. The lowest BCUT2D eigenvalue weighted by Gasteiger charge is -2.19. The molecule has 0 saturated carbocycles. The molecule has 0 aliphatic rings. The molecule has 3 rings (SSSR count). The molecule has 0 aliphatic carbocycles. The Labute approximate surface area is 200 Å². The van der Waals surface area contributed by atoms with Gasteiger partial charge in [0.25, 0.3) is 5.91 Å². The van der Waals surface area contributed by atoms with Gasteiger partial charge in [0.2, 0.25) is 0 Å². The highest BCUT2D eigenvalue weighted by molar-refractivity contribution is 5.94. The summed E-state index contributed by atoms with van der Waals surface area (Å²) in [6, 6.07) is 15.0. The Hall–Kier alpha value is -3.88. The Bertz CT molecular complexity index is 1130. The molecule has 1 atom stereocenters. The van der Waals surface area contributed by atoms with E-state index < -0.39 is 17.7 Å². The minimum atomic E-state index is -4.39. The van der Waals surface area contributed by atoms with Gasteiger partial charge in [0.05, 0.1) is 17.7 Å². The number of carboxylic acids is 1. The molecule has 0 bridgehead atoms. The predicted octanol–water partition coefficient (Wildman–Crippen LogP) is 5.89. The first-order valence-corrected chi connectivity index (χ1v) is 11.1. The van der Waals surface area contributed by atoms with E-state index in [2.05, 4.69) is 10.3 Å². The largest absolute Gasteiger partial charge is 0.486 e. The van der Waals surface area contributed by atoms with E-state index in [4.69, 9.17) is 9.84 Å². The number of benzene rings is 2. The molecule has 3 aromatic rings. The van der Waals surface area contributed by atoms with Gasteiger partial charge in [0, 0.05) is 29.4 Å². The third-order valence-corrected chi connectivity index (χ3v) is 5.24. The first-order chi connectivity index (χ1) is 16.7. The molecule has 0 unspecified atom stereocenters. The molecule has 35 heavy (non-hydrogen) atoms. The molecule has 2 N–H and O–H groups in total. The molecule has 6 nitrogen and oxygen atoms in total. The average molecular weight is 486 g/mol. The lowest BCUT2D eigenvalue weighted by Crippen LogP contribution is -2.25. The van der Waals surface area contributed by atoms with Crippen molar-refractivity contribution < 1.29 is 32.6 Å². The van der Waals surface area contributed by atoms with Crippen LogP contribution in [0.1, 0.15) is 53.8 Å². The van der Waals surface area contributed by atoms with Gasteiger partial charge >= 0.3 is 12.1 Å². The van der Waals surface area contributed by atoms with Gasteiger partial charge in [-0.3, -0.25) is 14.6 Å². The fourth-order valence-electron chi connectivity index (χ4n) is 3.39. The zero-order valence-electron chi connectivity index (χ0n) is 19.0. The van der Waals surface area contributed by atoms with Crippen LogP contribution in [-0.4, -0.2) is 28.5 Å².